The Morgan fingerprint density at radius 2 is 1.89 bits per heavy atom. The SMILES string of the molecule is CC.Cc1nc(C(O[N+](=O)[O-])C(F)(F)F)sc1C. The van der Waals surface area contributed by atoms with Crippen LogP contribution in [0.4, 0.5) is 13.2 Å². The van der Waals surface area contributed by atoms with E-state index in [1.54, 1.807) is 6.92 Å². The lowest BCUT2D eigenvalue weighted by Gasteiger charge is -2.15. The zero-order chi connectivity index (χ0) is 14.5. The largest absolute Gasteiger partial charge is 0.421 e. The van der Waals surface area contributed by atoms with Crippen LogP contribution in [0.5, 0.6) is 0 Å². The number of thiazole rings is 1. The maximum atomic E-state index is 12.4. The molecule has 18 heavy (non-hydrogen) atoms. The van der Waals surface area contributed by atoms with Crippen molar-refractivity contribution >= 4 is 11.3 Å². The molecule has 0 aliphatic rings. The summed E-state index contributed by atoms with van der Waals surface area (Å²) in [4.78, 5) is 17.8. The molecule has 0 aliphatic carbocycles. The number of hydrogen-bond acceptors (Lipinski definition) is 5. The average molecular weight is 286 g/mol. The fourth-order valence-corrected chi connectivity index (χ4v) is 1.91. The van der Waals surface area contributed by atoms with Crippen molar-refractivity contribution in [2.24, 2.45) is 0 Å². The minimum absolute atomic E-state index is 0.404. The van der Waals surface area contributed by atoms with Gasteiger partial charge in [-0.3, -0.25) is 4.84 Å². The zero-order valence-corrected chi connectivity index (χ0v) is 11.1. The summed E-state index contributed by atoms with van der Waals surface area (Å²) in [5.41, 5.74) is 0.404. The molecular formula is C9H13F3N2O3S. The molecule has 1 aromatic heterocycles. The number of hydrogen-bond donors (Lipinski definition) is 0. The van der Waals surface area contributed by atoms with Gasteiger partial charge in [0.2, 0.25) is 0 Å². The second-order valence-corrected chi connectivity index (χ2v) is 4.18. The molecule has 1 rings (SSSR count). The number of aromatic nitrogens is 1. The minimum atomic E-state index is -4.86. The highest BCUT2D eigenvalue weighted by Crippen LogP contribution is 2.38. The van der Waals surface area contributed by atoms with Crippen LogP contribution in [-0.4, -0.2) is 16.2 Å². The Morgan fingerprint density at radius 1 is 1.39 bits per heavy atom. The highest BCUT2D eigenvalue weighted by Gasteiger charge is 2.46. The van der Waals surface area contributed by atoms with E-state index in [0.717, 1.165) is 11.3 Å². The van der Waals surface area contributed by atoms with Gasteiger partial charge in [0, 0.05) is 4.88 Å². The van der Waals surface area contributed by atoms with Crippen LogP contribution in [0.15, 0.2) is 0 Å². The van der Waals surface area contributed by atoms with Gasteiger partial charge in [0.1, 0.15) is 5.01 Å². The van der Waals surface area contributed by atoms with Crippen LogP contribution in [0.1, 0.15) is 35.5 Å². The van der Waals surface area contributed by atoms with Crippen molar-refractivity contribution in [1.29, 1.82) is 0 Å². The first-order valence-corrected chi connectivity index (χ1v) is 5.85. The molecule has 0 aliphatic heterocycles. The van der Waals surface area contributed by atoms with Crippen LogP contribution in [0.3, 0.4) is 0 Å². The quantitative estimate of drug-likeness (QED) is 0.629. The summed E-state index contributed by atoms with van der Waals surface area (Å²) < 4.78 is 37.3. The number of halogens is 3. The van der Waals surface area contributed by atoms with Gasteiger partial charge < -0.3 is 0 Å². The molecule has 1 heterocycles. The van der Waals surface area contributed by atoms with E-state index in [-0.39, 0.29) is 0 Å². The van der Waals surface area contributed by atoms with E-state index in [0.29, 0.717) is 10.6 Å². The Labute approximate surface area is 106 Å². The Bertz CT molecular complexity index is 387. The van der Waals surface area contributed by atoms with Crippen molar-refractivity contribution in [2.45, 2.75) is 40.0 Å². The molecule has 0 saturated carbocycles. The van der Waals surface area contributed by atoms with Crippen molar-refractivity contribution in [3.63, 3.8) is 0 Å². The van der Waals surface area contributed by atoms with E-state index in [2.05, 4.69) is 9.82 Å². The third-order valence-electron chi connectivity index (χ3n) is 1.76. The predicted molar refractivity (Wildman–Crippen MR) is 59.8 cm³/mol. The van der Waals surface area contributed by atoms with Gasteiger partial charge in [-0.1, -0.05) is 13.8 Å². The molecule has 9 heteroatoms. The molecule has 0 spiro atoms. The van der Waals surface area contributed by atoms with Crippen molar-refractivity contribution in [3.8, 4) is 0 Å². The zero-order valence-electron chi connectivity index (χ0n) is 10.2. The fourth-order valence-electron chi connectivity index (χ4n) is 0.941. The summed E-state index contributed by atoms with van der Waals surface area (Å²) in [5, 5.41) is 8.05. The van der Waals surface area contributed by atoms with E-state index in [4.69, 9.17) is 0 Å². The van der Waals surface area contributed by atoms with Crippen LogP contribution < -0.4 is 0 Å². The van der Waals surface area contributed by atoms with Crippen molar-refractivity contribution in [1.82, 2.24) is 4.98 Å². The summed E-state index contributed by atoms with van der Waals surface area (Å²) in [6.07, 6.45) is -7.47. The Morgan fingerprint density at radius 3 is 2.17 bits per heavy atom. The summed E-state index contributed by atoms with van der Waals surface area (Å²) in [7, 11) is 0. The maximum absolute atomic E-state index is 12.4. The summed E-state index contributed by atoms with van der Waals surface area (Å²) in [6.45, 7) is 7.10. The van der Waals surface area contributed by atoms with Gasteiger partial charge in [0.15, 0.2) is 0 Å². The standard InChI is InChI=1S/C7H7F3N2O3S.C2H6/c1-3-4(2)16-6(11-3)5(7(8,9)10)15-12(13)14;1-2/h5H,1-2H3;1-2H3. The molecular weight excluding hydrogens is 273 g/mol. The second kappa shape index (κ2) is 6.53. The first-order chi connectivity index (χ1) is 8.21. The molecule has 0 fully saturated rings. The van der Waals surface area contributed by atoms with Gasteiger partial charge in [-0.15, -0.1) is 21.5 Å². The Balaban J connectivity index is 0.00000137. The van der Waals surface area contributed by atoms with Crippen molar-refractivity contribution in [2.75, 3.05) is 0 Å². The van der Waals surface area contributed by atoms with Gasteiger partial charge in [0.05, 0.1) is 5.69 Å². The van der Waals surface area contributed by atoms with Gasteiger partial charge >= 0.3 is 6.18 Å². The van der Waals surface area contributed by atoms with E-state index in [9.17, 15) is 23.3 Å². The summed E-state index contributed by atoms with van der Waals surface area (Å²) >= 11 is 0.731. The Kier molecular flexibility index (Phi) is 6.02. The molecule has 0 amide bonds. The summed E-state index contributed by atoms with van der Waals surface area (Å²) in [6, 6.07) is 0. The van der Waals surface area contributed by atoms with Crippen LogP contribution in [0.25, 0.3) is 0 Å². The molecule has 0 saturated heterocycles. The number of alkyl halides is 3. The van der Waals surface area contributed by atoms with Gasteiger partial charge in [-0.2, -0.15) is 13.2 Å². The second-order valence-electron chi connectivity index (χ2n) is 2.94. The summed E-state index contributed by atoms with van der Waals surface area (Å²) in [5.74, 6) is 0. The number of aryl methyl sites for hydroxylation is 2. The third kappa shape index (κ3) is 4.47. The lowest BCUT2D eigenvalue weighted by atomic mass is 10.3. The molecule has 1 unspecified atom stereocenters. The monoisotopic (exact) mass is 286 g/mol. The molecule has 5 nitrogen and oxygen atoms in total. The highest BCUT2D eigenvalue weighted by molar-refractivity contribution is 7.11. The number of rotatable bonds is 3. The van der Waals surface area contributed by atoms with Crippen molar-refractivity contribution in [3.05, 3.63) is 25.7 Å². The third-order valence-corrected chi connectivity index (χ3v) is 2.87. The van der Waals surface area contributed by atoms with E-state index in [1.807, 2.05) is 13.8 Å². The molecule has 0 radical (unpaired) electrons. The molecule has 1 atom stereocenters. The predicted octanol–water partition coefficient (Wildman–Crippen LogP) is 3.60. The van der Waals surface area contributed by atoms with Gasteiger partial charge in [-0.05, 0) is 13.8 Å². The number of nitrogens with zero attached hydrogens (tertiary/aromatic N) is 2. The average Bonchev–Trinajstić information content (AvgIpc) is 2.56. The van der Waals surface area contributed by atoms with E-state index in [1.165, 1.54) is 6.92 Å². The van der Waals surface area contributed by atoms with Crippen LogP contribution in [-0.2, 0) is 4.84 Å². The van der Waals surface area contributed by atoms with Gasteiger partial charge in [-0.25, -0.2) is 4.98 Å². The lowest BCUT2D eigenvalue weighted by Crippen LogP contribution is -2.25. The fraction of sp³-hybridized carbons (Fsp3) is 0.667. The van der Waals surface area contributed by atoms with Gasteiger partial charge in [0.25, 0.3) is 11.2 Å². The van der Waals surface area contributed by atoms with Crippen LogP contribution in [0, 0.1) is 24.0 Å². The topological polar surface area (TPSA) is 65.3 Å². The first kappa shape index (κ1) is 16.6. The van der Waals surface area contributed by atoms with Crippen LogP contribution in [0.2, 0.25) is 0 Å². The van der Waals surface area contributed by atoms with Crippen LogP contribution >= 0.6 is 11.3 Å². The van der Waals surface area contributed by atoms with Crippen molar-refractivity contribution < 1.29 is 23.1 Å². The maximum Gasteiger partial charge on any atom is 0.421 e. The molecule has 0 N–H and O–H groups in total. The van der Waals surface area contributed by atoms with E-state index >= 15 is 0 Å². The highest BCUT2D eigenvalue weighted by atomic mass is 32.1. The minimum Gasteiger partial charge on any atom is -0.293 e. The smallest absolute Gasteiger partial charge is 0.293 e. The Hall–Kier alpha value is -1.38. The molecule has 0 bridgehead atoms. The normalized spacial score (nSPS) is 12.4. The lowest BCUT2D eigenvalue weighted by molar-refractivity contribution is -0.778. The molecule has 0 aromatic carbocycles. The molecule has 104 valence electrons. The first-order valence-electron chi connectivity index (χ1n) is 5.03. The van der Waals surface area contributed by atoms with E-state index < -0.39 is 22.4 Å². The molecule has 1 aromatic rings.